The summed E-state index contributed by atoms with van der Waals surface area (Å²) < 4.78 is 0. The molecule has 2 heteroatoms. The van der Waals surface area contributed by atoms with Gasteiger partial charge in [-0.2, -0.15) is 0 Å². The zero-order valence-corrected chi connectivity index (χ0v) is 6.66. The normalized spacial score (nSPS) is 33.5. The summed E-state index contributed by atoms with van der Waals surface area (Å²) >= 11 is 5.45. The summed E-state index contributed by atoms with van der Waals surface area (Å²) in [4.78, 5) is 11.1. The van der Waals surface area contributed by atoms with E-state index in [4.69, 9.17) is 11.6 Å². The molecule has 0 heterocycles. The van der Waals surface area contributed by atoms with Gasteiger partial charge in [-0.3, -0.25) is 4.79 Å². The van der Waals surface area contributed by atoms with Crippen molar-refractivity contribution in [2.24, 2.45) is 11.3 Å². The summed E-state index contributed by atoms with van der Waals surface area (Å²) in [5.41, 5.74) is 0.478. The lowest BCUT2D eigenvalue weighted by Crippen LogP contribution is -2.19. The van der Waals surface area contributed by atoms with E-state index in [0.717, 1.165) is 6.42 Å². The molecule has 2 fully saturated rings. The highest BCUT2D eigenvalue weighted by molar-refractivity contribution is 6.28. The Kier molecular flexibility index (Phi) is 1.31. The van der Waals surface area contributed by atoms with Gasteiger partial charge in [-0.15, -0.1) is 11.6 Å². The third kappa shape index (κ3) is 0.731. The Morgan fingerprint density at radius 1 is 1.60 bits per heavy atom. The Bertz CT molecular complexity index is 172. The summed E-state index contributed by atoms with van der Waals surface area (Å²) in [5, 5.41) is 0. The maximum Gasteiger partial charge on any atom is 0.151 e. The Labute approximate surface area is 65.7 Å². The van der Waals surface area contributed by atoms with Gasteiger partial charge in [0.15, 0.2) is 5.78 Å². The Morgan fingerprint density at radius 2 is 2.30 bits per heavy atom. The molecule has 2 saturated carbocycles. The molecule has 2 aliphatic carbocycles. The van der Waals surface area contributed by atoms with Gasteiger partial charge in [-0.05, 0) is 24.7 Å². The quantitative estimate of drug-likeness (QED) is 0.562. The summed E-state index contributed by atoms with van der Waals surface area (Å²) in [7, 11) is 0. The number of halogens is 1. The molecule has 0 aromatic carbocycles. The summed E-state index contributed by atoms with van der Waals surface area (Å²) in [6.07, 6.45) is 5.02. The molecule has 1 atom stereocenters. The predicted octanol–water partition coefficient (Wildman–Crippen LogP) is 1.98. The van der Waals surface area contributed by atoms with E-state index in [1.807, 2.05) is 0 Å². The van der Waals surface area contributed by atoms with E-state index in [9.17, 15) is 4.79 Å². The third-order valence-electron chi connectivity index (χ3n) is 3.06. The van der Waals surface area contributed by atoms with Crippen molar-refractivity contribution in [3.63, 3.8) is 0 Å². The first-order valence-electron chi connectivity index (χ1n) is 3.87. The topological polar surface area (TPSA) is 17.1 Å². The van der Waals surface area contributed by atoms with Crippen molar-refractivity contribution in [2.75, 3.05) is 5.88 Å². The van der Waals surface area contributed by atoms with Crippen LogP contribution in [0.25, 0.3) is 0 Å². The number of alkyl halides is 1. The van der Waals surface area contributed by atoms with Crippen LogP contribution in [0.1, 0.15) is 25.7 Å². The lowest BCUT2D eigenvalue weighted by molar-refractivity contribution is -0.119. The zero-order valence-electron chi connectivity index (χ0n) is 5.90. The smallest absolute Gasteiger partial charge is 0.151 e. The lowest BCUT2D eigenvalue weighted by atomic mass is 9.79. The molecule has 0 N–H and O–H groups in total. The van der Waals surface area contributed by atoms with Crippen molar-refractivity contribution < 1.29 is 4.79 Å². The number of ketones is 1. The molecule has 0 aromatic rings. The highest BCUT2D eigenvalue weighted by atomic mass is 35.5. The fraction of sp³-hybridized carbons (Fsp3) is 0.875. The maximum absolute atomic E-state index is 11.1. The van der Waals surface area contributed by atoms with E-state index in [0.29, 0.717) is 11.3 Å². The van der Waals surface area contributed by atoms with Gasteiger partial charge in [0.05, 0.1) is 5.88 Å². The Morgan fingerprint density at radius 3 is 2.60 bits per heavy atom. The van der Waals surface area contributed by atoms with Gasteiger partial charge in [0, 0.05) is 5.92 Å². The fourth-order valence-electron chi connectivity index (χ4n) is 2.08. The number of rotatable bonds is 2. The maximum atomic E-state index is 11.1. The second-order valence-electron chi connectivity index (χ2n) is 3.57. The molecule has 2 aliphatic rings. The first-order chi connectivity index (χ1) is 4.78. The Hall–Kier alpha value is -0.0400. The number of carbonyl (C=O) groups is 1. The van der Waals surface area contributed by atoms with Crippen molar-refractivity contribution in [2.45, 2.75) is 25.7 Å². The van der Waals surface area contributed by atoms with E-state index in [1.165, 1.54) is 19.3 Å². The standard InChI is InChI=1S/C8H11ClO/c9-5-7(10)6-4-8(6)2-1-3-8/h6H,1-5H2. The lowest BCUT2D eigenvalue weighted by Gasteiger charge is -2.25. The van der Waals surface area contributed by atoms with E-state index in [2.05, 4.69) is 0 Å². The van der Waals surface area contributed by atoms with Gasteiger partial charge in [0.2, 0.25) is 0 Å². The van der Waals surface area contributed by atoms with Crippen LogP contribution in [0.15, 0.2) is 0 Å². The van der Waals surface area contributed by atoms with Crippen molar-refractivity contribution in [3.8, 4) is 0 Å². The number of carbonyl (C=O) groups excluding carboxylic acids is 1. The molecule has 1 unspecified atom stereocenters. The predicted molar refractivity (Wildman–Crippen MR) is 40.1 cm³/mol. The molecule has 0 radical (unpaired) electrons. The van der Waals surface area contributed by atoms with Crippen molar-refractivity contribution in [1.29, 1.82) is 0 Å². The van der Waals surface area contributed by atoms with Gasteiger partial charge >= 0.3 is 0 Å². The summed E-state index contributed by atoms with van der Waals surface area (Å²) in [5.74, 6) is 0.868. The van der Waals surface area contributed by atoms with Gasteiger partial charge in [-0.25, -0.2) is 0 Å². The second kappa shape index (κ2) is 1.97. The van der Waals surface area contributed by atoms with Crippen molar-refractivity contribution >= 4 is 17.4 Å². The molecule has 0 amide bonds. The van der Waals surface area contributed by atoms with Gasteiger partial charge in [0.1, 0.15) is 0 Å². The third-order valence-corrected chi connectivity index (χ3v) is 3.32. The zero-order chi connectivity index (χ0) is 7.19. The SMILES string of the molecule is O=C(CCl)C1CC12CCC2. The first kappa shape index (κ1) is 6.66. The van der Waals surface area contributed by atoms with Crippen LogP contribution < -0.4 is 0 Å². The van der Waals surface area contributed by atoms with Crippen molar-refractivity contribution in [1.82, 2.24) is 0 Å². The molecule has 2 rings (SSSR count). The number of hydrogen-bond acceptors (Lipinski definition) is 1. The number of Topliss-reactive ketones (excluding diaryl/α,β-unsaturated/α-hetero) is 1. The molecule has 56 valence electrons. The molecular weight excluding hydrogens is 148 g/mol. The molecule has 0 saturated heterocycles. The minimum absolute atomic E-state index is 0.229. The van der Waals surface area contributed by atoms with Crippen LogP contribution in [-0.2, 0) is 4.79 Å². The van der Waals surface area contributed by atoms with Crippen LogP contribution in [0.4, 0.5) is 0 Å². The van der Waals surface area contributed by atoms with Gasteiger partial charge in [0.25, 0.3) is 0 Å². The molecule has 0 aliphatic heterocycles. The highest BCUT2D eigenvalue weighted by Crippen LogP contribution is 2.65. The minimum Gasteiger partial charge on any atom is -0.298 e. The molecule has 1 nitrogen and oxygen atoms in total. The molecule has 0 bridgehead atoms. The van der Waals surface area contributed by atoms with Crippen LogP contribution in [0.3, 0.4) is 0 Å². The first-order valence-corrected chi connectivity index (χ1v) is 4.41. The van der Waals surface area contributed by atoms with Gasteiger partial charge < -0.3 is 0 Å². The van der Waals surface area contributed by atoms with E-state index in [1.54, 1.807) is 0 Å². The monoisotopic (exact) mass is 158 g/mol. The van der Waals surface area contributed by atoms with Crippen LogP contribution in [0.5, 0.6) is 0 Å². The second-order valence-corrected chi connectivity index (χ2v) is 3.84. The molecule has 10 heavy (non-hydrogen) atoms. The van der Waals surface area contributed by atoms with Crippen LogP contribution in [-0.4, -0.2) is 11.7 Å². The van der Waals surface area contributed by atoms with E-state index >= 15 is 0 Å². The summed E-state index contributed by atoms with van der Waals surface area (Å²) in [6.45, 7) is 0. The highest BCUT2D eigenvalue weighted by Gasteiger charge is 2.60. The van der Waals surface area contributed by atoms with Crippen LogP contribution in [0, 0.1) is 11.3 Å². The largest absolute Gasteiger partial charge is 0.298 e. The minimum atomic E-state index is 0.229. The molecule has 1 spiro atoms. The average Bonchev–Trinajstić information content (AvgIpc) is 2.59. The Balaban J connectivity index is 1.94. The fourth-order valence-corrected chi connectivity index (χ4v) is 2.27. The molecule has 0 aromatic heterocycles. The summed E-state index contributed by atoms with van der Waals surface area (Å²) in [6, 6.07) is 0. The van der Waals surface area contributed by atoms with Crippen molar-refractivity contribution in [3.05, 3.63) is 0 Å². The van der Waals surface area contributed by atoms with E-state index in [-0.39, 0.29) is 11.7 Å². The number of hydrogen-bond donors (Lipinski definition) is 0. The van der Waals surface area contributed by atoms with Crippen LogP contribution in [0.2, 0.25) is 0 Å². The molecular formula is C8H11ClO. The van der Waals surface area contributed by atoms with Gasteiger partial charge in [-0.1, -0.05) is 6.42 Å². The van der Waals surface area contributed by atoms with E-state index < -0.39 is 0 Å². The average molecular weight is 159 g/mol. The van der Waals surface area contributed by atoms with Crippen LogP contribution >= 0.6 is 11.6 Å².